The summed E-state index contributed by atoms with van der Waals surface area (Å²) in [5.41, 5.74) is 0.836. The molecule has 0 spiro atoms. The van der Waals surface area contributed by atoms with Gasteiger partial charge in [0, 0.05) is 18.1 Å². The fourth-order valence-corrected chi connectivity index (χ4v) is 3.22. The minimum absolute atomic E-state index is 0.224. The molecule has 1 N–H and O–H groups in total. The lowest BCUT2D eigenvalue weighted by molar-refractivity contribution is -0.142. The third kappa shape index (κ3) is 6.82. The van der Waals surface area contributed by atoms with E-state index in [0.717, 1.165) is 12.0 Å². The highest BCUT2D eigenvalue weighted by Crippen LogP contribution is 2.27. The first-order chi connectivity index (χ1) is 14.3. The minimum atomic E-state index is -0.681. The Hall–Kier alpha value is -2.44. The molecular formula is C22H26Cl2N2O4. The summed E-state index contributed by atoms with van der Waals surface area (Å²) in [6.45, 7) is 4.17. The zero-order valence-electron chi connectivity index (χ0n) is 17.3. The van der Waals surface area contributed by atoms with Gasteiger partial charge in [-0.2, -0.15) is 0 Å². The third-order valence-corrected chi connectivity index (χ3v) is 4.98. The van der Waals surface area contributed by atoms with Crippen LogP contribution >= 0.6 is 23.2 Å². The van der Waals surface area contributed by atoms with Crippen LogP contribution in [0.5, 0.6) is 11.5 Å². The lowest BCUT2D eigenvalue weighted by Gasteiger charge is -2.29. The molecule has 8 heteroatoms. The fraction of sp³-hybridized carbons (Fsp3) is 0.364. The number of ether oxygens (including phenoxy) is 2. The number of hydrogen-bond donors (Lipinski definition) is 1. The van der Waals surface area contributed by atoms with Crippen LogP contribution in [0, 0.1) is 0 Å². The molecular weight excluding hydrogens is 427 g/mol. The maximum atomic E-state index is 13.0. The number of halogens is 2. The molecule has 0 aliphatic rings. The van der Waals surface area contributed by atoms with Gasteiger partial charge in [-0.3, -0.25) is 9.59 Å². The molecule has 2 rings (SSSR count). The Morgan fingerprint density at radius 1 is 1.17 bits per heavy atom. The molecule has 1 unspecified atom stereocenters. The van der Waals surface area contributed by atoms with Crippen molar-refractivity contribution in [2.24, 2.45) is 0 Å². The SMILES string of the molecule is CCCNC(=O)C(C)N(Cc1cccc(OC)c1)C(=O)COc1ccc(Cl)cc1Cl. The summed E-state index contributed by atoms with van der Waals surface area (Å²) in [5, 5.41) is 3.61. The largest absolute Gasteiger partial charge is 0.497 e. The van der Waals surface area contributed by atoms with Crippen molar-refractivity contribution in [1.82, 2.24) is 10.2 Å². The lowest BCUT2D eigenvalue weighted by atomic mass is 10.1. The quantitative estimate of drug-likeness (QED) is 0.582. The Labute approximate surface area is 187 Å². The monoisotopic (exact) mass is 452 g/mol. The second kappa shape index (κ2) is 11.7. The van der Waals surface area contributed by atoms with Crippen molar-refractivity contribution < 1.29 is 19.1 Å². The van der Waals surface area contributed by atoms with Gasteiger partial charge in [-0.15, -0.1) is 0 Å². The molecule has 2 aromatic carbocycles. The lowest BCUT2D eigenvalue weighted by Crippen LogP contribution is -2.49. The maximum absolute atomic E-state index is 13.0. The minimum Gasteiger partial charge on any atom is -0.497 e. The van der Waals surface area contributed by atoms with Crippen molar-refractivity contribution in [3.63, 3.8) is 0 Å². The molecule has 1 atom stereocenters. The van der Waals surface area contributed by atoms with Gasteiger partial charge in [-0.25, -0.2) is 0 Å². The van der Waals surface area contributed by atoms with E-state index in [1.807, 2.05) is 31.2 Å². The molecule has 0 radical (unpaired) electrons. The van der Waals surface area contributed by atoms with Gasteiger partial charge < -0.3 is 19.7 Å². The number of carbonyl (C=O) groups excluding carboxylic acids is 2. The van der Waals surface area contributed by atoms with Gasteiger partial charge in [0.15, 0.2) is 6.61 Å². The smallest absolute Gasteiger partial charge is 0.261 e. The molecule has 0 aliphatic carbocycles. The van der Waals surface area contributed by atoms with Gasteiger partial charge in [0.1, 0.15) is 17.5 Å². The van der Waals surface area contributed by atoms with Crippen LogP contribution in [0.25, 0.3) is 0 Å². The van der Waals surface area contributed by atoms with Crippen LogP contribution < -0.4 is 14.8 Å². The molecule has 30 heavy (non-hydrogen) atoms. The van der Waals surface area contributed by atoms with Crippen molar-refractivity contribution in [1.29, 1.82) is 0 Å². The zero-order valence-corrected chi connectivity index (χ0v) is 18.8. The molecule has 0 bridgehead atoms. The highest BCUT2D eigenvalue weighted by Gasteiger charge is 2.26. The first-order valence-corrected chi connectivity index (χ1v) is 10.4. The number of nitrogens with one attached hydrogen (secondary N) is 1. The summed E-state index contributed by atoms with van der Waals surface area (Å²) in [6, 6.07) is 11.4. The Kier molecular flexibility index (Phi) is 9.27. The topological polar surface area (TPSA) is 67.9 Å². The molecule has 2 aromatic rings. The van der Waals surface area contributed by atoms with Gasteiger partial charge in [0.25, 0.3) is 5.91 Å². The van der Waals surface area contributed by atoms with Crippen molar-refractivity contribution in [2.45, 2.75) is 32.9 Å². The molecule has 2 amide bonds. The van der Waals surface area contributed by atoms with Crippen LogP contribution in [0.15, 0.2) is 42.5 Å². The van der Waals surface area contributed by atoms with E-state index in [2.05, 4.69) is 5.32 Å². The zero-order chi connectivity index (χ0) is 22.1. The maximum Gasteiger partial charge on any atom is 0.261 e. The highest BCUT2D eigenvalue weighted by molar-refractivity contribution is 6.35. The van der Waals surface area contributed by atoms with E-state index in [1.54, 1.807) is 26.2 Å². The highest BCUT2D eigenvalue weighted by atomic mass is 35.5. The number of hydrogen-bond acceptors (Lipinski definition) is 4. The van der Waals surface area contributed by atoms with E-state index in [4.69, 9.17) is 32.7 Å². The number of rotatable bonds is 10. The Morgan fingerprint density at radius 3 is 2.60 bits per heavy atom. The fourth-order valence-electron chi connectivity index (χ4n) is 2.76. The predicted molar refractivity (Wildman–Crippen MR) is 118 cm³/mol. The van der Waals surface area contributed by atoms with Crippen LogP contribution in [0.1, 0.15) is 25.8 Å². The number of nitrogens with zero attached hydrogens (tertiary/aromatic N) is 1. The average Bonchev–Trinajstić information content (AvgIpc) is 2.74. The van der Waals surface area contributed by atoms with Gasteiger partial charge in [0.05, 0.1) is 12.1 Å². The predicted octanol–water partition coefficient (Wildman–Crippen LogP) is 4.32. The summed E-state index contributed by atoms with van der Waals surface area (Å²) in [6.07, 6.45) is 0.806. The second-order valence-electron chi connectivity index (χ2n) is 6.70. The van der Waals surface area contributed by atoms with Crippen molar-refractivity contribution in [3.05, 3.63) is 58.1 Å². The average molecular weight is 453 g/mol. The van der Waals surface area contributed by atoms with Crippen LogP contribution in [-0.4, -0.2) is 43.0 Å². The summed E-state index contributed by atoms with van der Waals surface area (Å²) in [4.78, 5) is 27.0. The summed E-state index contributed by atoms with van der Waals surface area (Å²) in [5.74, 6) is 0.451. The Balaban J connectivity index is 2.17. The first kappa shape index (κ1) is 23.8. The number of carbonyl (C=O) groups is 2. The summed E-state index contributed by atoms with van der Waals surface area (Å²) in [7, 11) is 1.58. The van der Waals surface area contributed by atoms with E-state index in [9.17, 15) is 9.59 Å². The first-order valence-electron chi connectivity index (χ1n) is 9.63. The van der Waals surface area contributed by atoms with Crippen molar-refractivity contribution in [2.75, 3.05) is 20.3 Å². The van der Waals surface area contributed by atoms with E-state index >= 15 is 0 Å². The van der Waals surface area contributed by atoms with Gasteiger partial charge >= 0.3 is 0 Å². The van der Waals surface area contributed by atoms with Gasteiger partial charge in [-0.05, 0) is 49.2 Å². The molecule has 0 heterocycles. The van der Waals surface area contributed by atoms with Crippen LogP contribution in [0.4, 0.5) is 0 Å². The number of amides is 2. The molecule has 0 fully saturated rings. The standard InChI is InChI=1S/C22H26Cl2N2O4/c1-4-10-25-22(28)15(2)26(13-16-6-5-7-18(11-16)29-3)21(27)14-30-20-9-8-17(23)12-19(20)24/h5-9,11-12,15H,4,10,13-14H2,1-3H3,(H,25,28). The third-order valence-electron chi connectivity index (χ3n) is 4.45. The molecule has 0 aromatic heterocycles. The summed E-state index contributed by atoms with van der Waals surface area (Å²) >= 11 is 12.0. The second-order valence-corrected chi connectivity index (χ2v) is 7.55. The Bertz CT molecular complexity index is 876. The van der Waals surface area contributed by atoms with E-state index in [-0.39, 0.29) is 25.0 Å². The Morgan fingerprint density at radius 2 is 1.93 bits per heavy atom. The van der Waals surface area contributed by atoms with E-state index in [1.165, 1.54) is 11.0 Å². The van der Waals surface area contributed by atoms with Crippen LogP contribution in [0.3, 0.4) is 0 Å². The van der Waals surface area contributed by atoms with Crippen LogP contribution in [-0.2, 0) is 16.1 Å². The summed E-state index contributed by atoms with van der Waals surface area (Å²) < 4.78 is 10.8. The molecule has 6 nitrogen and oxygen atoms in total. The van der Waals surface area contributed by atoms with Crippen LogP contribution in [0.2, 0.25) is 10.0 Å². The van der Waals surface area contributed by atoms with E-state index in [0.29, 0.717) is 28.1 Å². The molecule has 0 saturated carbocycles. The van der Waals surface area contributed by atoms with Crippen molar-refractivity contribution >= 4 is 35.0 Å². The van der Waals surface area contributed by atoms with E-state index < -0.39 is 6.04 Å². The molecule has 162 valence electrons. The van der Waals surface area contributed by atoms with Gasteiger partial charge in [-0.1, -0.05) is 42.3 Å². The normalized spacial score (nSPS) is 11.5. The molecule has 0 saturated heterocycles. The molecule has 0 aliphatic heterocycles. The number of methoxy groups -OCH3 is 1. The number of benzene rings is 2. The van der Waals surface area contributed by atoms with Crippen molar-refractivity contribution in [3.8, 4) is 11.5 Å². The van der Waals surface area contributed by atoms with Gasteiger partial charge in [0.2, 0.25) is 5.91 Å².